The molecule has 0 atom stereocenters. The van der Waals surface area contributed by atoms with Gasteiger partial charge in [0.25, 0.3) is 0 Å². The number of hydrogen-bond donors (Lipinski definition) is 1. The van der Waals surface area contributed by atoms with Crippen LogP contribution in [0.1, 0.15) is 12.8 Å². The van der Waals surface area contributed by atoms with Gasteiger partial charge >= 0.3 is 0 Å². The Hall–Kier alpha value is -2.05. The fraction of sp³-hybridized carbons (Fsp3) is 0.278. The maximum absolute atomic E-state index is 12.4. The van der Waals surface area contributed by atoms with Crippen LogP contribution in [0.25, 0.3) is 0 Å². The number of nitrogens with zero attached hydrogens (tertiary/aromatic N) is 1. The second kappa shape index (κ2) is 7.45. The molecular weight excluding hydrogens is 360 g/mol. The van der Waals surface area contributed by atoms with Gasteiger partial charge in [-0.2, -0.15) is 0 Å². The van der Waals surface area contributed by atoms with E-state index in [4.69, 9.17) is 11.6 Å². The SMILES string of the molecule is O=C(CS(=O)(=O)c1ccc(Cl)cc1)Nc1ccccc1N1CCCC1. The average Bonchev–Trinajstić information content (AvgIpc) is 3.09. The van der Waals surface area contributed by atoms with Crippen LogP contribution in [0.4, 0.5) is 11.4 Å². The maximum Gasteiger partial charge on any atom is 0.240 e. The molecule has 3 rings (SSSR count). The van der Waals surface area contributed by atoms with Gasteiger partial charge in [0.2, 0.25) is 5.91 Å². The van der Waals surface area contributed by atoms with Crippen LogP contribution >= 0.6 is 11.6 Å². The van der Waals surface area contributed by atoms with Gasteiger partial charge in [-0.25, -0.2) is 8.42 Å². The molecule has 1 aliphatic rings. The summed E-state index contributed by atoms with van der Waals surface area (Å²) < 4.78 is 24.7. The third kappa shape index (κ3) is 4.32. The van der Waals surface area contributed by atoms with Crippen molar-refractivity contribution in [3.05, 3.63) is 53.6 Å². The highest BCUT2D eigenvalue weighted by molar-refractivity contribution is 7.92. The van der Waals surface area contributed by atoms with Crippen molar-refractivity contribution in [1.82, 2.24) is 0 Å². The summed E-state index contributed by atoms with van der Waals surface area (Å²) in [5.41, 5.74) is 1.57. The zero-order valence-electron chi connectivity index (χ0n) is 13.6. The average molecular weight is 379 g/mol. The maximum atomic E-state index is 12.4. The van der Waals surface area contributed by atoms with E-state index in [9.17, 15) is 13.2 Å². The molecule has 0 aliphatic carbocycles. The summed E-state index contributed by atoms with van der Waals surface area (Å²) in [4.78, 5) is 14.6. The Morgan fingerprint density at radius 3 is 2.36 bits per heavy atom. The van der Waals surface area contributed by atoms with Gasteiger partial charge in [0.05, 0.1) is 16.3 Å². The molecule has 0 radical (unpaired) electrons. The Morgan fingerprint density at radius 1 is 1.04 bits per heavy atom. The second-order valence-electron chi connectivity index (χ2n) is 5.97. The van der Waals surface area contributed by atoms with Crippen LogP contribution in [-0.4, -0.2) is 33.2 Å². The molecule has 132 valence electrons. The minimum absolute atomic E-state index is 0.0832. The Balaban J connectivity index is 1.73. The molecular formula is C18H19ClN2O3S. The largest absolute Gasteiger partial charge is 0.370 e. The summed E-state index contributed by atoms with van der Waals surface area (Å²) >= 11 is 5.78. The third-order valence-electron chi connectivity index (χ3n) is 4.12. The number of anilines is 2. The first-order valence-electron chi connectivity index (χ1n) is 8.08. The highest BCUT2D eigenvalue weighted by Gasteiger charge is 2.21. The lowest BCUT2D eigenvalue weighted by Crippen LogP contribution is -2.25. The van der Waals surface area contributed by atoms with Gasteiger partial charge in [0, 0.05) is 18.1 Å². The van der Waals surface area contributed by atoms with Crippen molar-refractivity contribution in [3.8, 4) is 0 Å². The summed E-state index contributed by atoms with van der Waals surface area (Å²) in [6.07, 6.45) is 2.24. The van der Waals surface area contributed by atoms with E-state index < -0.39 is 21.5 Å². The van der Waals surface area contributed by atoms with Gasteiger partial charge in [0.15, 0.2) is 9.84 Å². The van der Waals surface area contributed by atoms with Crippen LogP contribution in [0.5, 0.6) is 0 Å². The lowest BCUT2D eigenvalue weighted by atomic mass is 10.2. The molecule has 0 bridgehead atoms. The minimum atomic E-state index is -3.71. The lowest BCUT2D eigenvalue weighted by molar-refractivity contribution is -0.113. The van der Waals surface area contributed by atoms with Gasteiger partial charge in [-0.1, -0.05) is 23.7 Å². The number of amides is 1. The highest BCUT2D eigenvalue weighted by atomic mass is 35.5. The summed E-state index contributed by atoms with van der Waals surface area (Å²) in [6.45, 7) is 1.88. The number of benzene rings is 2. The molecule has 0 aromatic heterocycles. The summed E-state index contributed by atoms with van der Waals surface area (Å²) in [7, 11) is -3.71. The zero-order chi connectivity index (χ0) is 17.9. The van der Waals surface area contributed by atoms with Crippen LogP contribution in [0.2, 0.25) is 5.02 Å². The van der Waals surface area contributed by atoms with Crippen LogP contribution in [0.3, 0.4) is 0 Å². The molecule has 1 N–H and O–H groups in total. The van der Waals surface area contributed by atoms with E-state index >= 15 is 0 Å². The Labute approximate surface area is 152 Å². The predicted molar refractivity (Wildman–Crippen MR) is 100 cm³/mol. The molecule has 0 spiro atoms. The Morgan fingerprint density at radius 2 is 1.68 bits per heavy atom. The third-order valence-corrected chi connectivity index (χ3v) is 6.00. The Bertz CT molecular complexity index is 860. The molecule has 2 aromatic carbocycles. The molecule has 1 fully saturated rings. The highest BCUT2D eigenvalue weighted by Crippen LogP contribution is 2.28. The van der Waals surface area contributed by atoms with Crippen molar-refractivity contribution in [2.75, 3.05) is 29.1 Å². The van der Waals surface area contributed by atoms with Crippen molar-refractivity contribution < 1.29 is 13.2 Å². The Kier molecular flexibility index (Phi) is 5.30. The molecule has 1 saturated heterocycles. The predicted octanol–water partition coefficient (Wildman–Crippen LogP) is 3.35. The van der Waals surface area contributed by atoms with E-state index in [2.05, 4.69) is 10.2 Å². The normalized spacial score (nSPS) is 14.5. The van der Waals surface area contributed by atoms with Gasteiger partial charge in [0.1, 0.15) is 5.75 Å². The first kappa shape index (κ1) is 17.8. The lowest BCUT2D eigenvalue weighted by Gasteiger charge is -2.21. The first-order valence-corrected chi connectivity index (χ1v) is 10.1. The number of nitrogens with one attached hydrogen (secondary N) is 1. The number of para-hydroxylation sites is 2. The topological polar surface area (TPSA) is 66.5 Å². The van der Waals surface area contributed by atoms with Crippen molar-refractivity contribution in [2.24, 2.45) is 0 Å². The zero-order valence-corrected chi connectivity index (χ0v) is 15.2. The van der Waals surface area contributed by atoms with Crippen LogP contribution in [0.15, 0.2) is 53.4 Å². The molecule has 0 unspecified atom stereocenters. The van der Waals surface area contributed by atoms with E-state index in [1.807, 2.05) is 18.2 Å². The number of rotatable bonds is 5. The molecule has 1 aliphatic heterocycles. The molecule has 1 heterocycles. The number of hydrogen-bond acceptors (Lipinski definition) is 4. The summed E-state index contributed by atoms with van der Waals surface area (Å²) in [5.74, 6) is -1.16. The number of carbonyl (C=O) groups is 1. The standard InChI is InChI=1S/C18H19ClN2O3S/c19-14-7-9-15(10-8-14)25(23,24)13-18(22)20-16-5-1-2-6-17(16)21-11-3-4-12-21/h1-2,5-10H,3-4,11-13H2,(H,20,22). The van der Waals surface area contributed by atoms with Gasteiger partial charge in [-0.3, -0.25) is 4.79 Å². The van der Waals surface area contributed by atoms with Crippen LogP contribution in [-0.2, 0) is 14.6 Å². The fourth-order valence-electron chi connectivity index (χ4n) is 2.90. The number of halogens is 1. The van der Waals surface area contributed by atoms with Crippen molar-refractivity contribution >= 4 is 38.7 Å². The smallest absolute Gasteiger partial charge is 0.240 e. The van der Waals surface area contributed by atoms with Crippen molar-refractivity contribution in [1.29, 1.82) is 0 Å². The quantitative estimate of drug-likeness (QED) is 0.866. The molecule has 7 heteroatoms. The first-order chi connectivity index (χ1) is 12.0. The molecule has 1 amide bonds. The van der Waals surface area contributed by atoms with E-state index in [-0.39, 0.29) is 4.90 Å². The van der Waals surface area contributed by atoms with Crippen LogP contribution < -0.4 is 10.2 Å². The van der Waals surface area contributed by atoms with Gasteiger partial charge in [-0.15, -0.1) is 0 Å². The molecule has 25 heavy (non-hydrogen) atoms. The van der Waals surface area contributed by atoms with Crippen LogP contribution in [0, 0.1) is 0 Å². The molecule has 0 saturated carbocycles. The minimum Gasteiger partial charge on any atom is -0.370 e. The van der Waals surface area contributed by atoms with Gasteiger partial charge < -0.3 is 10.2 Å². The molecule has 5 nitrogen and oxygen atoms in total. The monoisotopic (exact) mass is 378 g/mol. The summed E-state index contributed by atoms with van der Waals surface area (Å²) in [6, 6.07) is 13.3. The van der Waals surface area contributed by atoms with E-state index in [0.29, 0.717) is 10.7 Å². The number of sulfone groups is 1. The fourth-order valence-corrected chi connectivity index (χ4v) is 4.16. The second-order valence-corrected chi connectivity index (χ2v) is 8.40. The summed E-state index contributed by atoms with van der Waals surface area (Å²) in [5, 5.41) is 3.19. The molecule has 2 aromatic rings. The van der Waals surface area contributed by atoms with E-state index in [0.717, 1.165) is 31.6 Å². The van der Waals surface area contributed by atoms with Crippen molar-refractivity contribution in [3.63, 3.8) is 0 Å². The van der Waals surface area contributed by atoms with Gasteiger partial charge in [-0.05, 0) is 49.2 Å². The van der Waals surface area contributed by atoms with Crippen molar-refractivity contribution in [2.45, 2.75) is 17.7 Å². The number of carbonyl (C=O) groups excluding carboxylic acids is 1. The van der Waals surface area contributed by atoms with E-state index in [1.54, 1.807) is 6.07 Å². The van der Waals surface area contributed by atoms with E-state index in [1.165, 1.54) is 24.3 Å².